The second-order valence-corrected chi connectivity index (χ2v) is 4.12. The minimum absolute atomic E-state index is 0.208. The van der Waals surface area contributed by atoms with Gasteiger partial charge in [-0.25, -0.2) is 0 Å². The molecule has 0 aliphatic rings. The molecule has 18 heavy (non-hydrogen) atoms. The summed E-state index contributed by atoms with van der Waals surface area (Å²) < 4.78 is 0. The van der Waals surface area contributed by atoms with Crippen molar-refractivity contribution in [1.29, 1.82) is 5.26 Å². The number of benzene rings is 2. The van der Waals surface area contributed by atoms with Crippen LogP contribution in [-0.2, 0) is 6.54 Å². The lowest BCUT2D eigenvalue weighted by atomic mass is 9.99. The highest BCUT2D eigenvalue weighted by Gasteiger charge is 2.02. The molecule has 0 spiro atoms. The number of nitriles is 1. The first-order valence-electron chi connectivity index (χ1n) is 5.64. The second kappa shape index (κ2) is 5.24. The summed E-state index contributed by atoms with van der Waals surface area (Å²) in [5, 5.41) is 11.7. The molecule has 2 aromatic carbocycles. The molecule has 0 unspecified atom stereocenters. The van der Waals surface area contributed by atoms with Gasteiger partial charge in [0, 0.05) is 0 Å². The normalized spacial score (nSPS) is 9.78. The molecule has 0 fully saturated rings. The van der Waals surface area contributed by atoms with E-state index in [1.807, 2.05) is 37.3 Å². The summed E-state index contributed by atoms with van der Waals surface area (Å²) in [7, 11) is 0. The molecule has 0 saturated carbocycles. The van der Waals surface area contributed by atoms with Crippen molar-refractivity contribution in [3.63, 3.8) is 0 Å². The monoisotopic (exact) mass is 236 g/mol. The van der Waals surface area contributed by atoms with Gasteiger partial charge in [0.15, 0.2) is 0 Å². The fraction of sp³-hybridized carbons (Fsp3) is 0.133. The van der Waals surface area contributed by atoms with Crippen LogP contribution in [0.25, 0.3) is 11.1 Å². The Bertz CT molecular complexity index is 609. The molecule has 2 rings (SSSR count). The van der Waals surface area contributed by atoms with Gasteiger partial charge in [-0.3, -0.25) is 0 Å². The van der Waals surface area contributed by atoms with Crippen LogP contribution in [0.15, 0.2) is 47.6 Å². The van der Waals surface area contributed by atoms with Crippen molar-refractivity contribution in [3.8, 4) is 17.2 Å². The second-order valence-electron chi connectivity index (χ2n) is 4.12. The van der Waals surface area contributed by atoms with Crippen molar-refractivity contribution in [2.75, 3.05) is 0 Å². The Balaban J connectivity index is 2.36. The molecule has 3 heteroatoms. The molecule has 0 amide bonds. The first-order chi connectivity index (χ1) is 8.74. The van der Waals surface area contributed by atoms with Gasteiger partial charge in [-0.2, -0.15) is 10.2 Å². The van der Waals surface area contributed by atoms with Crippen molar-refractivity contribution in [1.82, 2.24) is 0 Å². The Labute approximate surface area is 106 Å². The summed E-state index contributed by atoms with van der Waals surface area (Å²) in [5.41, 5.74) is 4.78. The van der Waals surface area contributed by atoms with E-state index in [1.165, 1.54) is 0 Å². The van der Waals surface area contributed by atoms with E-state index < -0.39 is 0 Å². The van der Waals surface area contributed by atoms with Crippen LogP contribution in [0, 0.1) is 23.2 Å². The highest BCUT2D eigenvalue weighted by atomic mass is 16.3. The molecule has 2 aromatic rings. The Morgan fingerprint density at radius 2 is 1.78 bits per heavy atom. The van der Waals surface area contributed by atoms with Crippen molar-refractivity contribution in [2.45, 2.75) is 13.5 Å². The van der Waals surface area contributed by atoms with Crippen LogP contribution < -0.4 is 0 Å². The molecule has 3 nitrogen and oxygen atoms in total. The third-order valence-corrected chi connectivity index (χ3v) is 2.92. The van der Waals surface area contributed by atoms with Gasteiger partial charge in [-0.05, 0) is 41.3 Å². The van der Waals surface area contributed by atoms with E-state index >= 15 is 0 Å². The maximum absolute atomic E-state index is 10.3. The maximum atomic E-state index is 10.3. The summed E-state index contributed by atoms with van der Waals surface area (Å²) >= 11 is 0. The molecule has 0 aliphatic heterocycles. The third-order valence-electron chi connectivity index (χ3n) is 2.92. The van der Waals surface area contributed by atoms with Crippen molar-refractivity contribution in [3.05, 3.63) is 64.1 Å². The lowest BCUT2D eigenvalue weighted by molar-refractivity contribution is 1.04. The third kappa shape index (κ3) is 2.44. The smallest absolute Gasteiger partial charge is 0.106 e. The summed E-state index contributed by atoms with van der Waals surface area (Å²) in [6, 6.07) is 15.5. The lowest BCUT2D eigenvalue weighted by Gasteiger charge is -2.06. The van der Waals surface area contributed by atoms with Gasteiger partial charge in [-0.15, -0.1) is 0 Å². The number of aryl methyl sites for hydroxylation is 1. The first-order valence-corrected chi connectivity index (χ1v) is 5.64. The quantitative estimate of drug-likeness (QED) is 0.761. The minimum atomic E-state index is 0.208. The molecule has 0 aromatic heterocycles. The Morgan fingerprint density at radius 1 is 1.11 bits per heavy atom. The Hall–Kier alpha value is -2.47. The van der Waals surface area contributed by atoms with Crippen LogP contribution in [0.2, 0.25) is 0 Å². The predicted molar refractivity (Wildman–Crippen MR) is 70.8 cm³/mol. The number of nitrogens with zero attached hydrogens (tertiary/aromatic N) is 2. The van der Waals surface area contributed by atoms with Gasteiger partial charge in [0.1, 0.15) is 6.54 Å². The van der Waals surface area contributed by atoms with Crippen LogP contribution >= 0.6 is 0 Å². The van der Waals surface area contributed by atoms with Crippen LogP contribution in [0.3, 0.4) is 0 Å². The van der Waals surface area contributed by atoms with Gasteiger partial charge in [0.2, 0.25) is 0 Å². The van der Waals surface area contributed by atoms with E-state index in [1.54, 1.807) is 12.1 Å². The van der Waals surface area contributed by atoms with E-state index in [0.29, 0.717) is 5.56 Å². The van der Waals surface area contributed by atoms with E-state index in [2.05, 4.69) is 11.2 Å². The van der Waals surface area contributed by atoms with Crippen molar-refractivity contribution >= 4 is 0 Å². The number of hydrogen-bond acceptors (Lipinski definition) is 3. The van der Waals surface area contributed by atoms with E-state index in [-0.39, 0.29) is 6.54 Å². The zero-order valence-corrected chi connectivity index (χ0v) is 10.1. The summed E-state index contributed by atoms with van der Waals surface area (Å²) in [4.78, 5) is 10.3. The topological polar surface area (TPSA) is 53.2 Å². The van der Waals surface area contributed by atoms with Crippen LogP contribution in [0.4, 0.5) is 0 Å². The SMILES string of the molecule is Cc1cc(-c2ccc(C#N)cc2)ccc1CN=O. The molecule has 0 atom stereocenters. The molecule has 0 saturated heterocycles. The minimum Gasteiger partial charge on any atom is -0.192 e. The molecule has 0 N–H and O–H groups in total. The van der Waals surface area contributed by atoms with E-state index in [4.69, 9.17) is 5.26 Å². The number of hydrogen-bond donors (Lipinski definition) is 0. The van der Waals surface area contributed by atoms with E-state index in [9.17, 15) is 4.91 Å². The van der Waals surface area contributed by atoms with Gasteiger partial charge < -0.3 is 0 Å². The predicted octanol–water partition coefficient (Wildman–Crippen LogP) is 3.80. The van der Waals surface area contributed by atoms with Crippen LogP contribution in [0.1, 0.15) is 16.7 Å². The standard InChI is InChI=1S/C15H12N2O/c1-11-8-14(6-7-15(11)10-17-18)13-4-2-12(9-16)3-5-13/h2-8H,10H2,1H3. The number of rotatable bonds is 3. The lowest BCUT2D eigenvalue weighted by Crippen LogP contribution is -1.88. The Kier molecular flexibility index (Phi) is 3.49. The molecule has 0 heterocycles. The molecule has 0 aliphatic carbocycles. The van der Waals surface area contributed by atoms with Gasteiger partial charge in [0.05, 0.1) is 11.6 Å². The zero-order chi connectivity index (χ0) is 13.0. The van der Waals surface area contributed by atoms with Crippen molar-refractivity contribution < 1.29 is 0 Å². The fourth-order valence-corrected chi connectivity index (χ4v) is 1.86. The molecular weight excluding hydrogens is 224 g/mol. The molecular formula is C15H12N2O. The summed E-state index contributed by atoms with van der Waals surface area (Å²) in [6.45, 7) is 2.17. The highest BCUT2D eigenvalue weighted by Crippen LogP contribution is 2.23. The average molecular weight is 236 g/mol. The maximum Gasteiger partial charge on any atom is 0.106 e. The van der Waals surface area contributed by atoms with Crippen LogP contribution in [0.5, 0.6) is 0 Å². The zero-order valence-electron chi connectivity index (χ0n) is 10.1. The fourth-order valence-electron chi connectivity index (χ4n) is 1.86. The molecule has 0 radical (unpaired) electrons. The average Bonchev–Trinajstić information content (AvgIpc) is 2.41. The summed E-state index contributed by atoms with van der Waals surface area (Å²) in [6.07, 6.45) is 0. The molecule has 0 bridgehead atoms. The first kappa shape index (κ1) is 12.0. The van der Waals surface area contributed by atoms with Crippen LogP contribution in [-0.4, -0.2) is 0 Å². The van der Waals surface area contributed by atoms with Gasteiger partial charge >= 0.3 is 0 Å². The highest BCUT2D eigenvalue weighted by molar-refractivity contribution is 5.65. The van der Waals surface area contributed by atoms with Gasteiger partial charge in [0.25, 0.3) is 0 Å². The largest absolute Gasteiger partial charge is 0.192 e. The van der Waals surface area contributed by atoms with Crippen molar-refractivity contribution in [2.24, 2.45) is 5.18 Å². The summed E-state index contributed by atoms with van der Waals surface area (Å²) in [5.74, 6) is 0. The van der Waals surface area contributed by atoms with E-state index in [0.717, 1.165) is 22.3 Å². The molecule has 88 valence electrons. The number of nitroso groups, excluding NO2 is 1. The Morgan fingerprint density at radius 3 is 2.33 bits per heavy atom. The van der Waals surface area contributed by atoms with Gasteiger partial charge in [-0.1, -0.05) is 35.5 Å².